The Morgan fingerprint density at radius 2 is 1.77 bits per heavy atom. The minimum absolute atomic E-state index is 0.209. The Labute approximate surface area is 178 Å². The molecule has 0 unspecified atom stereocenters. The number of hydrogen-bond acceptors (Lipinski definition) is 5. The lowest BCUT2D eigenvalue weighted by Crippen LogP contribution is -2.24. The maximum absolute atomic E-state index is 12.6. The first-order chi connectivity index (χ1) is 14.5. The number of carbonyl (C=O) groups is 1. The molecule has 0 saturated carbocycles. The lowest BCUT2D eigenvalue weighted by Gasteiger charge is -2.22. The number of carbonyl (C=O) groups excluding carboxylic acids is 1. The highest BCUT2D eigenvalue weighted by Gasteiger charge is 2.21. The summed E-state index contributed by atoms with van der Waals surface area (Å²) in [4.78, 5) is 24.9. The third-order valence-electron chi connectivity index (χ3n) is 5.41. The minimum atomic E-state index is -0.656. The van der Waals surface area contributed by atoms with Crippen LogP contribution in [0.15, 0.2) is 51.7 Å². The zero-order chi connectivity index (χ0) is 21.1. The number of rotatable bonds is 5. The molecule has 1 amide bonds. The van der Waals surface area contributed by atoms with Gasteiger partial charge in [0.1, 0.15) is 0 Å². The molecule has 0 bridgehead atoms. The predicted octanol–water partition coefficient (Wildman–Crippen LogP) is 4.05. The van der Waals surface area contributed by atoms with E-state index in [9.17, 15) is 14.7 Å². The first kappa shape index (κ1) is 20.4. The van der Waals surface area contributed by atoms with E-state index in [2.05, 4.69) is 5.32 Å². The maximum Gasteiger partial charge on any atom is 0.344 e. The molecule has 0 aliphatic carbocycles. The van der Waals surface area contributed by atoms with Gasteiger partial charge in [-0.1, -0.05) is 29.8 Å². The molecule has 1 aromatic heterocycles. The number of aromatic hydroxyl groups is 1. The molecule has 4 rings (SSSR count). The Hall–Kier alpha value is -2.83. The molecule has 30 heavy (non-hydrogen) atoms. The van der Waals surface area contributed by atoms with Crippen molar-refractivity contribution in [2.24, 2.45) is 5.92 Å². The average molecular weight is 428 g/mol. The van der Waals surface area contributed by atoms with Gasteiger partial charge in [-0.2, -0.15) is 0 Å². The van der Waals surface area contributed by atoms with Gasteiger partial charge in [-0.25, -0.2) is 4.79 Å². The summed E-state index contributed by atoms with van der Waals surface area (Å²) < 4.78 is 10.5. The predicted molar refractivity (Wildman–Crippen MR) is 114 cm³/mol. The van der Waals surface area contributed by atoms with Gasteiger partial charge in [0.2, 0.25) is 5.76 Å². The monoisotopic (exact) mass is 427 g/mol. The van der Waals surface area contributed by atoms with E-state index in [4.69, 9.17) is 20.8 Å². The SMILES string of the molecule is O=C(NCc1ccc(Cl)cc1)c1oc(=O)c2ccc(CC3CCOCC3)cc2c1O. The Kier molecular flexibility index (Phi) is 6.06. The second-order valence-corrected chi connectivity index (χ2v) is 7.95. The van der Waals surface area contributed by atoms with Crippen LogP contribution in [-0.2, 0) is 17.7 Å². The molecule has 2 heterocycles. The van der Waals surface area contributed by atoms with Gasteiger partial charge in [-0.3, -0.25) is 4.79 Å². The molecule has 1 aliphatic rings. The fourth-order valence-electron chi connectivity index (χ4n) is 3.71. The number of benzene rings is 2. The van der Waals surface area contributed by atoms with E-state index in [1.165, 1.54) is 0 Å². The fourth-order valence-corrected chi connectivity index (χ4v) is 3.84. The minimum Gasteiger partial charge on any atom is -0.504 e. The quantitative estimate of drug-likeness (QED) is 0.641. The summed E-state index contributed by atoms with van der Waals surface area (Å²) in [6, 6.07) is 12.3. The first-order valence-electron chi connectivity index (χ1n) is 9.90. The molecule has 3 aromatic rings. The standard InChI is InChI=1S/C23H22ClNO5/c24-17-4-1-15(2-5-17)13-25-22(27)21-20(26)19-12-16(3-6-18(19)23(28)30-21)11-14-7-9-29-10-8-14/h1-6,12,14,26H,7-11,13H2,(H,25,27). The molecule has 2 N–H and O–H groups in total. The summed E-state index contributed by atoms with van der Waals surface area (Å²) in [5.74, 6) is -0.867. The van der Waals surface area contributed by atoms with Crippen LogP contribution in [0.25, 0.3) is 10.8 Å². The number of ether oxygens (including phenoxy) is 1. The van der Waals surface area contributed by atoms with Crippen LogP contribution in [0.1, 0.15) is 34.5 Å². The average Bonchev–Trinajstić information content (AvgIpc) is 2.76. The van der Waals surface area contributed by atoms with Gasteiger partial charge >= 0.3 is 5.63 Å². The van der Waals surface area contributed by atoms with Crippen molar-refractivity contribution < 1.29 is 19.1 Å². The maximum atomic E-state index is 12.6. The Bertz CT molecular complexity index is 1120. The largest absolute Gasteiger partial charge is 0.504 e. The van der Waals surface area contributed by atoms with Crippen molar-refractivity contribution >= 4 is 28.3 Å². The third-order valence-corrected chi connectivity index (χ3v) is 5.66. The number of amides is 1. The van der Waals surface area contributed by atoms with Crippen LogP contribution in [0.4, 0.5) is 0 Å². The fraction of sp³-hybridized carbons (Fsp3) is 0.304. The normalized spacial score (nSPS) is 14.7. The molecule has 0 spiro atoms. The summed E-state index contributed by atoms with van der Waals surface area (Å²) in [5, 5.41) is 14.5. The number of fused-ring (bicyclic) bond motifs is 1. The van der Waals surface area contributed by atoms with Gasteiger partial charge in [-0.05, 0) is 60.6 Å². The van der Waals surface area contributed by atoms with E-state index >= 15 is 0 Å². The lowest BCUT2D eigenvalue weighted by atomic mass is 9.91. The van der Waals surface area contributed by atoms with Gasteiger partial charge in [0.05, 0.1) is 5.39 Å². The van der Waals surface area contributed by atoms with E-state index in [1.54, 1.807) is 36.4 Å². The van der Waals surface area contributed by atoms with Crippen LogP contribution in [0.5, 0.6) is 5.75 Å². The molecule has 2 aromatic carbocycles. The molecule has 1 aliphatic heterocycles. The lowest BCUT2D eigenvalue weighted by molar-refractivity contribution is 0.0665. The Balaban J connectivity index is 1.57. The van der Waals surface area contributed by atoms with Crippen molar-refractivity contribution in [1.82, 2.24) is 5.32 Å². The van der Waals surface area contributed by atoms with Crippen LogP contribution < -0.4 is 10.9 Å². The molecule has 7 heteroatoms. The van der Waals surface area contributed by atoms with E-state index in [-0.39, 0.29) is 23.4 Å². The zero-order valence-electron chi connectivity index (χ0n) is 16.3. The van der Waals surface area contributed by atoms with Crippen molar-refractivity contribution in [3.05, 3.63) is 74.8 Å². The number of hydrogen-bond donors (Lipinski definition) is 2. The van der Waals surface area contributed by atoms with Crippen LogP contribution in [0.2, 0.25) is 5.02 Å². The number of nitrogens with one attached hydrogen (secondary N) is 1. The Morgan fingerprint density at radius 1 is 1.07 bits per heavy atom. The van der Waals surface area contributed by atoms with Crippen molar-refractivity contribution in [1.29, 1.82) is 0 Å². The van der Waals surface area contributed by atoms with Gasteiger partial charge in [0, 0.05) is 30.2 Å². The third kappa shape index (κ3) is 4.50. The second kappa shape index (κ2) is 8.90. The smallest absolute Gasteiger partial charge is 0.344 e. The van der Waals surface area contributed by atoms with Crippen molar-refractivity contribution in [3.8, 4) is 5.75 Å². The molecular formula is C23H22ClNO5. The molecule has 156 valence electrons. The second-order valence-electron chi connectivity index (χ2n) is 7.52. The van der Waals surface area contributed by atoms with Crippen LogP contribution in [0, 0.1) is 5.92 Å². The molecular weight excluding hydrogens is 406 g/mol. The Morgan fingerprint density at radius 3 is 2.50 bits per heavy atom. The molecule has 0 radical (unpaired) electrons. The van der Waals surface area contributed by atoms with Crippen LogP contribution >= 0.6 is 11.6 Å². The molecule has 1 saturated heterocycles. The van der Waals surface area contributed by atoms with Gasteiger partial charge in [-0.15, -0.1) is 0 Å². The van der Waals surface area contributed by atoms with E-state index in [0.717, 1.165) is 43.6 Å². The topological polar surface area (TPSA) is 88.8 Å². The number of halogens is 1. The first-order valence-corrected chi connectivity index (χ1v) is 10.3. The summed E-state index contributed by atoms with van der Waals surface area (Å²) in [6.45, 7) is 1.72. The summed E-state index contributed by atoms with van der Waals surface area (Å²) in [6.07, 6.45) is 2.80. The highest BCUT2D eigenvalue weighted by Crippen LogP contribution is 2.29. The summed E-state index contributed by atoms with van der Waals surface area (Å²) >= 11 is 5.86. The highest BCUT2D eigenvalue weighted by atomic mass is 35.5. The highest BCUT2D eigenvalue weighted by molar-refractivity contribution is 6.30. The van der Waals surface area contributed by atoms with Gasteiger partial charge < -0.3 is 19.6 Å². The van der Waals surface area contributed by atoms with Gasteiger partial charge in [0.25, 0.3) is 5.91 Å². The van der Waals surface area contributed by atoms with Crippen molar-refractivity contribution in [3.63, 3.8) is 0 Å². The van der Waals surface area contributed by atoms with E-state index < -0.39 is 11.5 Å². The zero-order valence-corrected chi connectivity index (χ0v) is 17.1. The van der Waals surface area contributed by atoms with Crippen molar-refractivity contribution in [2.45, 2.75) is 25.8 Å². The molecule has 0 atom stereocenters. The van der Waals surface area contributed by atoms with Crippen molar-refractivity contribution in [2.75, 3.05) is 13.2 Å². The van der Waals surface area contributed by atoms with Crippen LogP contribution in [-0.4, -0.2) is 24.2 Å². The molecule has 1 fully saturated rings. The van der Waals surface area contributed by atoms with E-state index in [1.807, 2.05) is 6.07 Å². The van der Waals surface area contributed by atoms with Gasteiger partial charge in [0.15, 0.2) is 5.75 Å². The van der Waals surface area contributed by atoms with Crippen LogP contribution in [0.3, 0.4) is 0 Å². The summed E-state index contributed by atoms with van der Waals surface area (Å²) in [7, 11) is 0. The summed E-state index contributed by atoms with van der Waals surface area (Å²) in [5.41, 5.74) is 1.18. The molecule has 6 nitrogen and oxygen atoms in total. The van der Waals surface area contributed by atoms with E-state index in [0.29, 0.717) is 16.3 Å².